The molecular weight excluding hydrogens is 338 g/mol. The molecule has 1 rings (SSSR count). The zero-order chi connectivity index (χ0) is 19.5. The molecule has 0 heterocycles. The average molecular weight is 365 g/mol. The van der Waals surface area contributed by atoms with Gasteiger partial charge in [-0.1, -0.05) is 0 Å². The maximum atomic E-state index is 12.5. The second kappa shape index (κ2) is 11.1. The van der Waals surface area contributed by atoms with Gasteiger partial charge >= 0.3 is 0 Å². The van der Waals surface area contributed by atoms with Crippen LogP contribution in [0.1, 0.15) is 17.3 Å². The smallest absolute Gasteiger partial charge is 0.254 e. The van der Waals surface area contributed by atoms with Gasteiger partial charge < -0.3 is 31.2 Å². The van der Waals surface area contributed by atoms with Crippen LogP contribution < -0.4 is 16.8 Å². The Kier molecular flexibility index (Phi) is 9.10. The van der Waals surface area contributed by atoms with E-state index in [1.54, 1.807) is 45.3 Å². The van der Waals surface area contributed by atoms with E-state index in [0.717, 1.165) is 0 Å². The van der Waals surface area contributed by atoms with Gasteiger partial charge in [-0.2, -0.15) is 0 Å². The van der Waals surface area contributed by atoms with Gasteiger partial charge in [0.05, 0.1) is 25.5 Å². The number of guanidine groups is 1. The Balaban J connectivity index is 2.53. The summed E-state index contributed by atoms with van der Waals surface area (Å²) in [6, 6.07) is 5.84. The van der Waals surface area contributed by atoms with Gasteiger partial charge in [0, 0.05) is 26.3 Å². The van der Waals surface area contributed by atoms with Crippen LogP contribution in [0.4, 0.5) is 5.69 Å². The van der Waals surface area contributed by atoms with E-state index in [4.69, 9.17) is 20.9 Å². The van der Waals surface area contributed by atoms with Crippen molar-refractivity contribution < 1.29 is 19.1 Å². The highest BCUT2D eigenvalue weighted by Crippen LogP contribution is 2.14. The van der Waals surface area contributed by atoms with Gasteiger partial charge in [0.1, 0.15) is 6.04 Å². The lowest BCUT2D eigenvalue weighted by atomic mass is 10.1. The molecule has 2 amide bonds. The third-order valence-electron chi connectivity index (χ3n) is 3.63. The van der Waals surface area contributed by atoms with E-state index in [1.165, 1.54) is 4.90 Å². The third kappa shape index (κ3) is 7.08. The van der Waals surface area contributed by atoms with Crippen molar-refractivity contribution in [2.75, 3.05) is 40.5 Å². The number of nitrogens with two attached hydrogens (primary N) is 2. The molecule has 0 aliphatic rings. The summed E-state index contributed by atoms with van der Waals surface area (Å²) >= 11 is 0. The lowest BCUT2D eigenvalue weighted by molar-refractivity contribution is -0.125. The Labute approximate surface area is 153 Å². The highest BCUT2D eigenvalue weighted by atomic mass is 16.5. The van der Waals surface area contributed by atoms with Crippen molar-refractivity contribution in [2.45, 2.75) is 13.0 Å². The molecule has 144 valence electrons. The number of hydrogen-bond acceptors (Lipinski definition) is 5. The van der Waals surface area contributed by atoms with Crippen LogP contribution in [0, 0.1) is 0 Å². The second-order valence-corrected chi connectivity index (χ2v) is 5.57. The number of carbonyl (C=O) groups is 2. The molecule has 0 aromatic heterocycles. The fourth-order valence-corrected chi connectivity index (χ4v) is 2.02. The predicted octanol–water partition coefficient (Wildman–Crippen LogP) is -0.169. The Bertz CT molecular complexity index is 614. The van der Waals surface area contributed by atoms with Crippen molar-refractivity contribution in [3.63, 3.8) is 0 Å². The number of aliphatic imine (C=N–C) groups is 1. The minimum Gasteiger partial charge on any atom is -0.382 e. The van der Waals surface area contributed by atoms with E-state index in [-0.39, 0.29) is 17.8 Å². The van der Waals surface area contributed by atoms with E-state index < -0.39 is 6.04 Å². The Hall–Kier alpha value is -2.65. The van der Waals surface area contributed by atoms with E-state index in [0.29, 0.717) is 37.6 Å². The fraction of sp³-hybridized carbons (Fsp3) is 0.471. The molecule has 9 nitrogen and oxygen atoms in total. The van der Waals surface area contributed by atoms with Gasteiger partial charge in [-0.05, 0) is 31.2 Å². The highest BCUT2D eigenvalue weighted by Gasteiger charge is 2.23. The van der Waals surface area contributed by atoms with Crippen LogP contribution in [0.15, 0.2) is 29.3 Å². The molecule has 0 bridgehead atoms. The molecule has 1 aromatic carbocycles. The lowest BCUT2D eigenvalue weighted by Gasteiger charge is -2.24. The Morgan fingerprint density at radius 3 is 2.42 bits per heavy atom. The van der Waals surface area contributed by atoms with Crippen molar-refractivity contribution in [1.29, 1.82) is 0 Å². The van der Waals surface area contributed by atoms with Crippen LogP contribution in [0.25, 0.3) is 0 Å². The highest BCUT2D eigenvalue weighted by molar-refractivity contribution is 5.97. The van der Waals surface area contributed by atoms with Gasteiger partial charge in [0.25, 0.3) is 5.91 Å². The molecule has 1 aromatic rings. The van der Waals surface area contributed by atoms with Crippen LogP contribution >= 0.6 is 0 Å². The van der Waals surface area contributed by atoms with E-state index in [9.17, 15) is 9.59 Å². The summed E-state index contributed by atoms with van der Waals surface area (Å²) < 4.78 is 10.1. The van der Waals surface area contributed by atoms with Crippen molar-refractivity contribution >= 4 is 23.5 Å². The standard InChI is InChI=1S/C17H27N5O4/c1-12(15(23)20-8-9-26-11-10-25-3)22(2)16(24)13-4-6-14(7-5-13)21-17(18)19/h4-7,12H,8-11H2,1-3H3,(H,20,23)(H4,18,19,21). The SMILES string of the molecule is COCCOCCNC(=O)C(C)N(C)C(=O)c1ccc(N=C(N)N)cc1. The van der Waals surface area contributed by atoms with Gasteiger partial charge in [0.15, 0.2) is 5.96 Å². The Morgan fingerprint density at radius 1 is 1.19 bits per heavy atom. The topological polar surface area (TPSA) is 132 Å². The molecular formula is C17H27N5O4. The first-order valence-corrected chi connectivity index (χ1v) is 8.18. The maximum Gasteiger partial charge on any atom is 0.254 e. The van der Waals surface area contributed by atoms with E-state index in [1.807, 2.05) is 0 Å². The molecule has 1 atom stereocenters. The normalized spacial score (nSPS) is 11.5. The number of methoxy groups -OCH3 is 1. The molecule has 1 unspecified atom stereocenters. The lowest BCUT2D eigenvalue weighted by Crippen LogP contribution is -2.46. The van der Waals surface area contributed by atoms with Crippen molar-refractivity contribution in [3.05, 3.63) is 29.8 Å². The Morgan fingerprint density at radius 2 is 1.85 bits per heavy atom. The summed E-state index contributed by atoms with van der Waals surface area (Å²) in [7, 11) is 3.17. The minimum atomic E-state index is -0.626. The first-order valence-electron chi connectivity index (χ1n) is 8.18. The molecule has 0 aliphatic heterocycles. The number of hydrogen-bond donors (Lipinski definition) is 3. The van der Waals surface area contributed by atoms with E-state index >= 15 is 0 Å². The monoisotopic (exact) mass is 365 g/mol. The fourth-order valence-electron chi connectivity index (χ4n) is 2.02. The summed E-state index contributed by atoms with van der Waals surface area (Å²) in [4.78, 5) is 29.9. The summed E-state index contributed by atoms with van der Waals surface area (Å²) in [6.45, 7) is 3.38. The zero-order valence-corrected chi connectivity index (χ0v) is 15.4. The molecule has 9 heteroatoms. The van der Waals surface area contributed by atoms with Crippen LogP contribution in [-0.4, -0.2) is 69.2 Å². The van der Waals surface area contributed by atoms with Gasteiger partial charge in [-0.25, -0.2) is 4.99 Å². The molecule has 0 saturated carbocycles. The molecule has 0 fully saturated rings. The molecule has 5 N–H and O–H groups in total. The first-order chi connectivity index (χ1) is 12.4. The summed E-state index contributed by atoms with van der Waals surface area (Å²) in [5.41, 5.74) is 11.6. The zero-order valence-electron chi connectivity index (χ0n) is 15.4. The summed E-state index contributed by atoms with van der Waals surface area (Å²) in [5, 5.41) is 2.73. The van der Waals surface area contributed by atoms with Crippen LogP contribution in [0.3, 0.4) is 0 Å². The number of amides is 2. The second-order valence-electron chi connectivity index (χ2n) is 5.57. The molecule has 0 spiro atoms. The number of likely N-dealkylation sites (N-methyl/N-ethyl adjacent to an activating group) is 1. The van der Waals surface area contributed by atoms with Gasteiger partial charge in [-0.3, -0.25) is 9.59 Å². The number of ether oxygens (including phenoxy) is 2. The number of rotatable bonds is 10. The quantitative estimate of drug-likeness (QED) is 0.300. The van der Waals surface area contributed by atoms with Crippen molar-refractivity contribution in [3.8, 4) is 0 Å². The van der Waals surface area contributed by atoms with Crippen molar-refractivity contribution in [2.24, 2.45) is 16.5 Å². The number of carbonyl (C=O) groups excluding carboxylic acids is 2. The van der Waals surface area contributed by atoms with E-state index in [2.05, 4.69) is 10.3 Å². The van der Waals surface area contributed by atoms with Crippen LogP contribution in [-0.2, 0) is 14.3 Å². The van der Waals surface area contributed by atoms with Crippen LogP contribution in [0.5, 0.6) is 0 Å². The number of benzene rings is 1. The molecule has 0 aliphatic carbocycles. The average Bonchev–Trinajstić information content (AvgIpc) is 2.62. The predicted molar refractivity (Wildman–Crippen MR) is 99.2 cm³/mol. The first kappa shape index (κ1) is 21.4. The number of nitrogens with one attached hydrogen (secondary N) is 1. The molecule has 0 saturated heterocycles. The summed E-state index contributed by atoms with van der Waals surface area (Å²) in [6.07, 6.45) is 0. The van der Waals surface area contributed by atoms with Gasteiger partial charge in [-0.15, -0.1) is 0 Å². The van der Waals surface area contributed by atoms with Crippen LogP contribution in [0.2, 0.25) is 0 Å². The number of nitrogens with zero attached hydrogens (tertiary/aromatic N) is 2. The summed E-state index contributed by atoms with van der Waals surface area (Å²) in [5.74, 6) is -0.591. The largest absolute Gasteiger partial charge is 0.382 e. The molecule has 26 heavy (non-hydrogen) atoms. The third-order valence-corrected chi connectivity index (χ3v) is 3.63. The van der Waals surface area contributed by atoms with Crippen molar-refractivity contribution in [1.82, 2.24) is 10.2 Å². The minimum absolute atomic E-state index is 0.0577. The van der Waals surface area contributed by atoms with Gasteiger partial charge in [0.2, 0.25) is 5.91 Å². The molecule has 0 radical (unpaired) electrons. The maximum absolute atomic E-state index is 12.5.